The third-order valence-corrected chi connectivity index (χ3v) is 8.62. The summed E-state index contributed by atoms with van der Waals surface area (Å²) in [5.74, 6) is 3.87. The minimum Gasteiger partial charge on any atom is -0.494 e. The van der Waals surface area contributed by atoms with Crippen molar-refractivity contribution in [3.63, 3.8) is 0 Å². The van der Waals surface area contributed by atoms with E-state index in [1.807, 2.05) is 30.5 Å². The number of carbonyl (C=O) groups is 1. The van der Waals surface area contributed by atoms with Crippen LogP contribution in [-0.4, -0.2) is 46.3 Å². The predicted molar refractivity (Wildman–Crippen MR) is 148 cm³/mol. The fourth-order valence-electron chi connectivity index (χ4n) is 6.82. The van der Waals surface area contributed by atoms with Crippen LogP contribution in [-0.2, 0) is 0 Å². The fourth-order valence-corrected chi connectivity index (χ4v) is 6.82. The Bertz CT molecular complexity index is 971. The first kappa shape index (κ1) is 27.4. The number of hydrogen-bond acceptors (Lipinski definition) is 4. The van der Waals surface area contributed by atoms with E-state index >= 15 is 0 Å². The summed E-state index contributed by atoms with van der Waals surface area (Å²) in [6.45, 7) is 6.79. The summed E-state index contributed by atoms with van der Waals surface area (Å²) in [5, 5.41) is 10.4. The van der Waals surface area contributed by atoms with Crippen molar-refractivity contribution < 1.29 is 14.6 Å². The number of fused-ring (bicyclic) bond motifs is 2. The second-order valence-corrected chi connectivity index (χ2v) is 11.7. The van der Waals surface area contributed by atoms with Gasteiger partial charge < -0.3 is 20.5 Å². The predicted octanol–water partition coefficient (Wildman–Crippen LogP) is 6.28. The van der Waals surface area contributed by atoms with Gasteiger partial charge in [-0.15, -0.1) is 0 Å². The Morgan fingerprint density at radius 1 is 1.08 bits per heavy atom. The van der Waals surface area contributed by atoms with Crippen molar-refractivity contribution in [3.05, 3.63) is 48.8 Å². The van der Waals surface area contributed by atoms with Crippen LogP contribution < -0.4 is 10.5 Å². The van der Waals surface area contributed by atoms with Crippen molar-refractivity contribution >= 4 is 6.03 Å². The number of rotatable bonds is 6. The maximum atomic E-state index is 11.1. The molecule has 0 radical (unpaired) electrons. The molecule has 37 heavy (non-hydrogen) atoms. The zero-order valence-electron chi connectivity index (χ0n) is 22.6. The minimum absolute atomic E-state index is 0.277. The Morgan fingerprint density at radius 3 is 2.46 bits per heavy atom. The van der Waals surface area contributed by atoms with Crippen molar-refractivity contribution in [2.45, 2.75) is 77.2 Å². The molecule has 3 aliphatic rings. The number of amides is 2. The van der Waals surface area contributed by atoms with Crippen LogP contribution in [0.25, 0.3) is 11.1 Å². The van der Waals surface area contributed by atoms with E-state index in [9.17, 15) is 9.90 Å². The van der Waals surface area contributed by atoms with Crippen LogP contribution in [0.2, 0.25) is 0 Å². The Balaban J connectivity index is 0.000000207. The van der Waals surface area contributed by atoms with Crippen LogP contribution in [0.3, 0.4) is 0 Å². The lowest BCUT2D eigenvalue weighted by molar-refractivity contribution is -0.0832. The van der Waals surface area contributed by atoms with Crippen LogP contribution in [0.1, 0.15) is 71.6 Å². The number of urea groups is 1. The van der Waals surface area contributed by atoms with Crippen LogP contribution in [0.5, 0.6) is 5.75 Å². The van der Waals surface area contributed by atoms with Gasteiger partial charge in [-0.3, -0.25) is 4.98 Å². The number of hydrogen-bond donors (Lipinski definition) is 2. The molecule has 1 saturated heterocycles. The topological polar surface area (TPSA) is 88.7 Å². The molecule has 0 spiro atoms. The molecule has 4 unspecified atom stereocenters. The first-order valence-electron chi connectivity index (χ1n) is 14.2. The zero-order chi connectivity index (χ0) is 26.3. The lowest BCUT2D eigenvalue weighted by Gasteiger charge is -2.47. The number of aliphatic hydroxyl groups is 1. The number of primary amides is 1. The van der Waals surface area contributed by atoms with Crippen molar-refractivity contribution in [2.75, 3.05) is 19.7 Å². The summed E-state index contributed by atoms with van der Waals surface area (Å²) in [7, 11) is 0. The number of piperidine rings is 1. The molecule has 2 saturated carbocycles. The molecule has 6 nitrogen and oxygen atoms in total. The third-order valence-electron chi connectivity index (χ3n) is 8.62. The molecule has 2 aliphatic carbocycles. The number of ether oxygens (including phenoxy) is 1. The van der Waals surface area contributed by atoms with Gasteiger partial charge in [-0.2, -0.15) is 0 Å². The van der Waals surface area contributed by atoms with E-state index in [1.54, 1.807) is 11.1 Å². The summed E-state index contributed by atoms with van der Waals surface area (Å²) < 4.78 is 5.85. The van der Waals surface area contributed by atoms with Crippen molar-refractivity contribution in [1.82, 2.24) is 9.88 Å². The SMILES string of the molecule is CCC1CC2CC(C)CC(O)(C1)C2.NC(=O)N1CCC(CCOc2ccc(-c3cccnc3)cc2)CC1. The molecule has 3 fully saturated rings. The van der Waals surface area contributed by atoms with Crippen LogP contribution in [0.4, 0.5) is 4.79 Å². The quantitative estimate of drug-likeness (QED) is 0.481. The molecule has 2 aromatic rings. The first-order chi connectivity index (χ1) is 17.8. The molecule has 202 valence electrons. The zero-order valence-corrected chi connectivity index (χ0v) is 22.6. The summed E-state index contributed by atoms with van der Waals surface area (Å²) in [5.41, 5.74) is 7.26. The average molecular weight is 508 g/mol. The van der Waals surface area contributed by atoms with E-state index < -0.39 is 0 Å². The molecule has 6 heteroatoms. The van der Waals surface area contributed by atoms with Crippen LogP contribution >= 0.6 is 0 Å². The van der Waals surface area contributed by atoms with E-state index in [0.717, 1.165) is 86.2 Å². The number of carbonyl (C=O) groups excluding carboxylic acids is 1. The molecule has 4 atom stereocenters. The average Bonchev–Trinajstić information content (AvgIpc) is 2.89. The number of pyridine rings is 1. The largest absolute Gasteiger partial charge is 0.494 e. The van der Waals surface area contributed by atoms with Crippen molar-refractivity contribution in [3.8, 4) is 16.9 Å². The Labute approximate surface area is 222 Å². The van der Waals surface area contributed by atoms with Gasteiger partial charge in [-0.1, -0.05) is 38.5 Å². The lowest BCUT2D eigenvalue weighted by atomic mass is 9.62. The maximum absolute atomic E-state index is 11.1. The molecule has 3 N–H and O–H groups in total. The Kier molecular flexibility index (Phi) is 9.47. The van der Waals surface area contributed by atoms with E-state index in [1.165, 1.54) is 19.3 Å². The molecule has 2 amide bonds. The van der Waals surface area contributed by atoms with Crippen molar-refractivity contribution in [1.29, 1.82) is 0 Å². The summed E-state index contributed by atoms with van der Waals surface area (Å²) in [6.07, 6.45) is 13.9. The molecule has 2 heterocycles. The van der Waals surface area contributed by atoms with E-state index in [-0.39, 0.29) is 11.6 Å². The number of nitrogens with two attached hydrogens (primary N) is 1. The van der Waals surface area contributed by atoms with Gasteiger partial charge in [0.2, 0.25) is 0 Å². The first-order valence-corrected chi connectivity index (χ1v) is 14.2. The highest BCUT2D eigenvalue weighted by atomic mass is 16.5. The minimum atomic E-state index is -0.307. The third kappa shape index (κ3) is 7.94. The van der Waals surface area contributed by atoms with E-state index in [0.29, 0.717) is 12.5 Å². The Morgan fingerprint density at radius 2 is 1.84 bits per heavy atom. The molecule has 1 aromatic carbocycles. The molecule has 5 rings (SSSR count). The van der Waals surface area contributed by atoms with Gasteiger partial charge in [-0.25, -0.2) is 4.79 Å². The lowest BCUT2D eigenvalue weighted by Crippen LogP contribution is -2.44. The van der Waals surface area contributed by atoms with E-state index in [4.69, 9.17) is 10.5 Å². The fraction of sp³-hybridized carbons (Fsp3) is 0.613. The number of likely N-dealkylation sites (tertiary alicyclic amines) is 1. The second-order valence-electron chi connectivity index (χ2n) is 11.7. The highest BCUT2D eigenvalue weighted by Crippen LogP contribution is 2.48. The highest BCUT2D eigenvalue weighted by molar-refractivity contribution is 5.72. The molecular weight excluding hydrogens is 462 g/mol. The smallest absolute Gasteiger partial charge is 0.314 e. The van der Waals surface area contributed by atoms with Gasteiger partial charge in [0, 0.05) is 25.5 Å². The summed E-state index contributed by atoms with van der Waals surface area (Å²) in [6, 6.07) is 11.8. The number of benzene rings is 1. The van der Waals surface area contributed by atoms with E-state index in [2.05, 4.69) is 31.0 Å². The van der Waals surface area contributed by atoms with Gasteiger partial charge in [-0.05, 0) is 104 Å². The normalized spacial score (nSPS) is 27.6. The van der Waals surface area contributed by atoms with Crippen molar-refractivity contribution in [2.24, 2.45) is 29.4 Å². The molecule has 1 aromatic heterocycles. The molecule has 2 bridgehead atoms. The molecular formula is C31H45N3O3. The maximum Gasteiger partial charge on any atom is 0.314 e. The van der Waals surface area contributed by atoms with Gasteiger partial charge in [0.1, 0.15) is 5.75 Å². The number of nitrogens with zero attached hydrogens (tertiary/aromatic N) is 2. The monoisotopic (exact) mass is 507 g/mol. The Hall–Kier alpha value is -2.60. The van der Waals surface area contributed by atoms with Gasteiger partial charge in [0.05, 0.1) is 12.2 Å². The van der Waals surface area contributed by atoms with Gasteiger partial charge >= 0.3 is 6.03 Å². The van der Waals surface area contributed by atoms with Gasteiger partial charge in [0.15, 0.2) is 0 Å². The van der Waals surface area contributed by atoms with Gasteiger partial charge in [0.25, 0.3) is 0 Å². The summed E-state index contributed by atoms with van der Waals surface area (Å²) in [4.78, 5) is 17.0. The van der Waals surface area contributed by atoms with Crippen LogP contribution in [0.15, 0.2) is 48.8 Å². The second kappa shape index (κ2) is 12.8. The molecule has 1 aliphatic heterocycles. The van der Waals surface area contributed by atoms with Crippen LogP contribution in [0, 0.1) is 23.7 Å². The highest BCUT2D eigenvalue weighted by Gasteiger charge is 2.43. The standard InChI is InChI=1S/C19H23N3O2.C12H22O/c20-19(23)22-11-7-15(8-12-22)9-13-24-18-5-3-16(4-6-18)17-2-1-10-21-14-17;1-3-10-5-11-4-9(2)6-12(13,7-10)8-11/h1-6,10,14-15H,7-9,11-13H2,(H2,20,23);9-11,13H,3-8H2,1-2H3. The number of aromatic nitrogens is 1. The summed E-state index contributed by atoms with van der Waals surface area (Å²) >= 11 is 0.